The number of hydrogen-bond acceptors (Lipinski definition) is 4. The Morgan fingerprint density at radius 2 is 2.18 bits per heavy atom. The number of hydrogen-bond donors (Lipinski definition) is 1. The van der Waals surface area contributed by atoms with E-state index in [1.165, 1.54) is 0 Å². The minimum Gasteiger partial charge on any atom is -0.399 e. The zero-order valence-electron chi connectivity index (χ0n) is 10.4. The number of anilines is 1. The van der Waals surface area contributed by atoms with Gasteiger partial charge in [-0.2, -0.15) is 0 Å². The molecule has 1 aromatic heterocycles. The van der Waals surface area contributed by atoms with Gasteiger partial charge in [0.15, 0.2) is 5.82 Å². The minimum atomic E-state index is 0.279. The zero-order chi connectivity index (χ0) is 12.4. The molecule has 0 saturated heterocycles. The van der Waals surface area contributed by atoms with Crippen LogP contribution in [0.5, 0.6) is 0 Å². The number of nitrogens with two attached hydrogens (primary N) is 1. The summed E-state index contributed by atoms with van der Waals surface area (Å²) >= 11 is 0. The Morgan fingerprint density at radius 1 is 1.41 bits per heavy atom. The van der Waals surface area contributed by atoms with E-state index in [2.05, 4.69) is 29.4 Å². The highest BCUT2D eigenvalue weighted by Crippen LogP contribution is 2.25. The predicted molar refractivity (Wildman–Crippen MR) is 67.4 cm³/mol. The minimum absolute atomic E-state index is 0.279. The van der Waals surface area contributed by atoms with Crippen molar-refractivity contribution >= 4 is 5.69 Å². The molecule has 1 unspecified atom stereocenters. The van der Waals surface area contributed by atoms with Crippen LogP contribution in [-0.4, -0.2) is 20.2 Å². The molecule has 1 aromatic carbocycles. The van der Waals surface area contributed by atoms with Crippen molar-refractivity contribution in [3.63, 3.8) is 0 Å². The van der Waals surface area contributed by atoms with E-state index in [0.29, 0.717) is 0 Å². The van der Waals surface area contributed by atoms with Crippen molar-refractivity contribution in [2.24, 2.45) is 0 Å². The highest BCUT2D eigenvalue weighted by atomic mass is 15.5. The van der Waals surface area contributed by atoms with Crippen LogP contribution in [0.15, 0.2) is 18.2 Å². The van der Waals surface area contributed by atoms with Crippen LogP contribution in [0.25, 0.3) is 11.4 Å². The average Bonchev–Trinajstić information content (AvgIpc) is 2.80. The van der Waals surface area contributed by atoms with Gasteiger partial charge in [-0.3, -0.25) is 0 Å². The molecule has 17 heavy (non-hydrogen) atoms. The maximum Gasteiger partial charge on any atom is 0.182 e. The fraction of sp³-hybridized carbons (Fsp3) is 0.417. The molecule has 90 valence electrons. The van der Waals surface area contributed by atoms with Crippen molar-refractivity contribution in [3.05, 3.63) is 23.8 Å². The third kappa shape index (κ3) is 2.13. The van der Waals surface area contributed by atoms with E-state index in [4.69, 9.17) is 5.73 Å². The number of nitrogen functional groups attached to an aromatic ring is 1. The van der Waals surface area contributed by atoms with Gasteiger partial charge in [-0.1, -0.05) is 13.0 Å². The fourth-order valence-electron chi connectivity index (χ4n) is 1.72. The van der Waals surface area contributed by atoms with Gasteiger partial charge in [0.1, 0.15) is 0 Å². The summed E-state index contributed by atoms with van der Waals surface area (Å²) in [6, 6.07) is 6.07. The Balaban J connectivity index is 2.53. The molecule has 2 rings (SSSR count). The summed E-state index contributed by atoms with van der Waals surface area (Å²) in [6.45, 7) is 6.24. The first-order valence-corrected chi connectivity index (χ1v) is 5.77. The number of rotatable bonds is 3. The summed E-state index contributed by atoms with van der Waals surface area (Å²) in [6.07, 6.45) is 0.986. The lowest BCUT2D eigenvalue weighted by atomic mass is 10.1. The van der Waals surface area contributed by atoms with Gasteiger partial charge in [0, 0.05) is 11.3 Å². The summed E-state index contributed by atoms with van der Waals surface area (Å²) in [4.78, 5) is 0. The predicted octanol–water partition coefficient (Wildman–Crippen LogP) is 2.20. The SMILES string of the molecule is CCC(C)n1nnnc1-c1cc(N)ccc1C. The molecule has 2 N–H and O–H groups in total. The Kier molecular flexibility index (Phi) is 3.08. The summed E-state index contributed by atoms with van der Waals surface area (Å²) in [7, 11) is 0. The Labute approximate surface area is 101 Å². The lowest BCUT2D eigenvalue weighted by Gasteiger charge is -2.12. The van der Waals surface area contributed by atoms with Crippen LogP contribution >= 0.6 is 0 Å². The molecule has 0 spiro atoms. The number of aromatic nitrogens is 4. The van der Waals surface area contributed by atoms with Gasteiger partial charge >= 0.3 is 0 Å². The summed E-state index contributed by atoms with van der Waals surface area (Å²) in [5, 5.41) is 11.9. The molecule has 2 aromatic rings. The van der Waals surface area contributed by atoms with E-state index in [0.717, 1.165) is 29.1 Å². The maximum absolute atomic E-state index is 5.81. The van der Waals surface area contributed by atoms with Gasteiger partial charge in [-0.25, -0.2) is 4.68 Å². The van der Waals surface area contributed by atoms with Crippen LogP contribution in [0.1, 0.15) is 31.9 Å². The topological polar surface area (TPSA) is 69.6 Å². The smallest absolute Gasteiger partial charge is 0.182 e. The van der Waals surface area contributed by atoms with Crippen LogP contribution in [0.4, 0.5) is 5.69 Å². The largest absolute Gasteiger partial charge is 0.399 e. The van der Waals surface area contributed by atoms with Gasteiger partial charge in [0.2, 0.25) is 0 Å². The highest BCUT2D eigenvalue weighted by Gasteiger charge is 2.15. The number of benzene rings is 1. The van der Waals surface area contributed by atoms with Crippen molar-refractivity contribution in [2.75, 3.05) is 5.73 Å². The zero-order valence-corrected chi connectivity index (χ0v) is 10.4. The molecule has 1 heterocycles. The van der Waals surface area contributed by atoms with Gasteiger partial charge < -0.3 is 5.73 Å². The van der Waals surface area contributed by atoms with Crippen molar-refractivity contribution in [2.45, 2.75) is 33.2 Å². The Morgan fingerprint density at radius 3 is 2.88 bits per heavy atom. The average molecular weight is 231 g/mol. The highest BCUT2D eigenvalue weighted by molar-refractivity contribution is 5.65. The van der Waals surface area contributed by atoms with Crippen molar-refractivity contribution in [1.82, 2.24) is 20.2 Å². The lowest BCUT2D eigenvalue weighted by molar-refractivity contribution is 0.469. The van der Waals surface area contributed by atoms with Crippen molar-refractivity contribution in [1.29, 1.82) is 0 Å². The quantitative estimate of drug-likeness (QED) is 0.822. The first-order valence-electron chi connectivity index (χ1n) is 5.77. The van der Waals surface area contributed by atoms with Gasteiger partial charge in [0.05, 0.1) is 6.04 Å². The third-order valence-electron chi connectivity index (χ3n) is 3.00. The molecule has 0 radical (unpaired) electrons. The van der Waals surface area contributed by atoms with Crippen LogP contribution in [0.3, 0.4) is 0 Å². The molecule has 0 bridgehead atoms. The normalized spacial score (nSPS) is 12.6. The molecule has 0 saturated carbocycles. The van der Waals surface area contributed by atoms with Crippen LogP contribution < -0.4 is 5.73 Å². The second-order valence-corrected chi connectivity index (χ2v) is 4.28. The Bertz CT molecular complexity index is 517. The molecule has 1 atom stereocenters. The van der Waals surface area contributed by atoms with Gasteiger partial charge in [-0.15, -0.1) is 5.10 Å². The first kappa shape index (κ1) is 11.6. The van der Waals surface area contributed by atoms with E-state index < -0.39 is 0 Å². The Hall–Kier alpha value is -1.91. The van der Waals surface area contributed by atoms with Gasteiger partial charge in [-0.05, 0) is 48.4 Å². The molecule has 0 amide bonds. The number of nitrogens with zero attached hydrogens (tertiary/aromatic N) is 4. The third-order valence-corrected chi connectivity index (χ3v) is 3.00. The second-order valence-electron chi connectivity index (χ2n) is 4.28. The van der Waals surface area contributed by atoms with Crippen LogP contribution in [-0.2, 0) is 0 Å². The molecule has 0 aliphatic rings. The monoisotopic (exact) mass is 231 g/mol. The van der Waals surface area contributed by atoms with Crippen molar-refractivity contribution in [3.8, 4) is 11.4 Å². The second kappa shape index (κ2) is 4.53. The molecule has 0 aliphatic heterocycles. The van der Waals surface area contributed by atoms with Crippen molar-refractivity contribution < 1.29 is 0 Å². The van der Waals surface area contributed by atoms with Crippen LogP contribution in [0, 0.1) is 6.92 Å². The summed E-state index contributed by atoms with van der Waals surface area (Å²) in [5.41, 5.74) is 8.66. The number of aryl methyl sites for hydroxylation is 1. The first-order chi connectivity index (χ1) is 8.13. The lowest BCUT2D eigenvalue weighted by Crippen LogP contribution is -2.08. The van der Waals surface area contributed by atoms with E-state index in [-0.39, 0.29) is 6.04 Å². The number of tetrazole rings is 1. The molecule has 5 nitrogen and oxygen atoms in total. The molecular weight excluding hydrogens is 214 g/mol. The summed E-state index contributed by atoms with van der Waals surface area (Å²) in [5.74, 6) is 0.782. The summed E-state index contributed by atoms with van der Waals surface area (Å²) < 4.78 is 1.85. The van der Waals surface area contributed by atoms with E-state index in [9.17, 15) is 0 Å². The molecular formula is C12H17N5. The van der Waals surface area contributed by atoms with E-state index in [1.54, 1.807) is 0 Å². The maximum atomic E-state index is 5.81. The van der Waals surface area contributed by atoms with E-state index >= 15 is 0 Å². The molecule has 0 aliphatic carbocycles. The van der Waals surface area contributed by atoms with Crippen LogP contribution in [0.2, 0.25) is 0 Å². The van der Waals surface area contributed by atoms with E-state index in [1.807, 2.05) is 29.8 Å². The fourth-order valence-corrected chi connectivity index (χ4v) is 1.72. The standard InChI is InChI=1S/C12H17N5/c1-4-9(3)17-12(14-15-16-17)11-7-10(13)6-5-8(11)2/h5-7,9H,4,13H2,1-3H3. The van der Waals surface area contributed by atoms with Gasteiger partial charge in [0.25, 0.3) is 0 Å². The molecule has 0 fully saturated rings. The molecule has 5 heteroatoms.